The summed E-state index contributed by atoms with van der Waals surface area (Å²) in [6.07, 6.45) is 10.8. The van der Waals surface area contributed by atoms with Crippen molar-refractivity contribution in [3.05, 3.63) is 82.4 Å². The predicted molar refractivity (Wildman–Crippen MR) is 188 cm³/mol. The Morgan fingerprint density at radius 1 is 1.00 bits per heavy atom. The van der Waals surface area contributed by atoms with E-state index in [9.17, 15) is 23.4 Å². The Balaban J connectivity index is 1.39. The molecule has 4 bridgehead atoms. The van der Waals surface area contributed by atoms with Crippen LogP contribution in [0.4, 0.5) is 0 Å². The lowest BCUT2D eigenvalue weighted by Gasteiger charge is -2.60. The van der Waals surface area contributed by atoms with Crippen molar-refractivity contribution in [1.29, 1.82) is 0 Å². The molecule has 7 atom stereocenters. The van der Waals surface area contributed by atoms with Crippen LogP contribution in [-0.4, -0.2) is 59.8 Å². The summed E-state index contributed by atoms with van der Waals surface area (Å²) in [6, 6.07) is 15.4. The smallest absolute Gasteiger partial charge is 0.211 e. The molecule has 0 aromatic heterocycles. The third-order valence-electron chi connectivity index (χ3n) is 13.3. The molecule has 0 heterocycles. The monoisotopic (exact) mass is 661 g/mol. The van der Waals surface area contributed by atoms with Gasteiger partial charge in [-0.15, -0.1) is 0 Å². The third-order valence-corrected chi connectivity index (χ3v) is 14.5. The van der Waals surface area contributed by atoms with Crippen LogP contribution in [0, 0.1) is 28.6 Å². The lowest BCUT2D eigenvalue weighted by Crippen LogP contribution is -2.58. The molecule has 2 aromatic carbocycles. The second kappa shape index (κ2) is 12.9. The number of hydrogen-bond donors (Lipinski definition) is 2. The largest absolute Gasteiger partial charge is 0.393 e. The Kier molecular flexibility index (Phi) is 9.45. The maximum absolute atomic E-state index is 14.2. The van der Waals surface area contributed by atoms with E-state index in [2.05, 4.69) is 33.8 Å². The Morgan fingerprint density at radius 3 is 2.43 bits per heavy atom. The highest BCUT2D eigenvalue weighted by Crippen LogP contribution is 2.62. The molecule has 7 heteroatoms. The summed E-state index contributed by atoms with van der Waals surface area (Å²) in [5.74, 6) is 1.34. The molecule has 2 N–H and O–H groups in total. The second-order valence-electron chi connectivity index (χ2n) is 16.4. The maximum Gasteiger partial charge on any atom is 0.211 e. The van der Waals surface area contributed by atoms with Crippen LogP contribution < -0.4 is 0 Å². The molecule has 0 radical (unpaired) electrons. The average Bonchev–Trinajstić information content (AvgIpc) is 3.28. The predicted octanol–water partition coefficient (Wildman–Crippen LogP) is 7.29. The summed E-state index contributed by atoms with van der Waals surface area (Å²) >= 11 is 0. The number of rotatable bonds is 7. The van der Waals surface area contributed by atoms with Gasteiger partial charge in [0.1, 0.15) is 0 Å². The summed E-state index contributed by atoms with van der Waals surface area (Å²) in [5, 5.41) is 23.7. The number of benzene rings is 2. The number of sulfonamides is 1. The number of aliphatic hydroxyl groups is 2. The van der Waals surface area contributed by atoms with Gasteiger partial charge in [0.05, 0.1) is 18.0 Å². The van der Waals surface area contributed by atoms with E-state index in [0.717, 1.165) is 42.7 Å². The highest BCUT2D eigenvalue weighted by molar-refractivity contribution is 7.88. The van der Waals surface area contributed by atoms with Gasteiger partial charge in [-0.25, -0.2) is 8.42 Å². The van der Waals surface area contributed by atoms with Crippen molar-refractivity contribution in [1.82, 2.24) is 4.31 Å². The minimum Gasteiger partial charge on any atom is -0.393 e. The van der Waals surface area contributed by atoms with Crippen molar-refractivity contribution < 1.29 is 23.4 Å². The molecule has 2 aromatic rings. The zero-order valence-corrected chi connectivity index (χ0v) is 29.9. The Hall–Kier alpha value is -2.32. The van der Waals surface area contributed by atoms with Crippen molar-refractivity contribution in [2.45, 2.75) is 110 Å². The van der Waals surface area contributed by atoms with Crippen LogP contribution in [0.15, 0.2) is 60.2 Å². The molecule has 0 saturated heterocycles. The zero-order valence-electron chi connectivity index (χ0n) is 29.0. The zero-order chi connectivity index (χ0) is 33.8. The summed E-state index contributed by atoms with van der Waals surface area (Å²) in [5.41, 5.74) is 2.57. The van der Waals surface area contributed by atoms with Crippen LogP contribution in [0.2, 0.25) is 0 Å². The second-order valence-corrected chi connectivity index (χ2v) is 18.4. The van der Waals surface area contributed by atoms with Gasteiger partial charge >= 0.3 is 0 Å². The number of nitrogens with zero attached hydrogens (tertiary/aromatic N) is 1. The van der Waals surface area contributed by atoms with Crippen LogP contribution in [0.25, 0.3) is 0 Å². The molecular weight excluding hydrogens is 607 g/mol. The first kappa shape index (κ1) is 34.5. The van der Waals surface area contributed by atoms with E-state index in [1.807, 2.05) is 48.5 Å². The third kappa shape index (κ3) is 6.54. The Bertz CT molecular complexity index is 1610. The van der Waals surface area contributed by atoms with Crippen molar-refractivity contribution in [3.8, 4) is 0 Å². The normalized spacial score (nSPS) is 33.9. The van der Waals surface area contributed by atoms with Gasteiger partial charge in [0, 0.05) is 29.6 Å². The highest BCUT2D eigenvalue weighted by Gasteiger charge is 2.59. The highest BCUT2D eigenvalue weighted by atomic mass is 32.2. The van der Waals surface area contributed by atoms with E-state index in [4.69, 9.17) is 0 Å². The van der Waals surface area contributed by atoms with Crippen LogP contribution in [0.3, 0.4) is 0 Å². The van der Waals surface area contributed by atoms with Crippen LogP contribution in [0.5, 0.6) is 0 Å². The van der Waals surface area contributed by atoms with Gasteiger partial charge in [-0.1, -0.05) is 74.9 Å². The van der Waals surface area contributed by atoms with E-state index in [-0.39, 0.29) is 23.7 Å². The van der Waals surface area contributed by atoms with E-state index in [0.29, 0.717) is 61.6 Å². The first-order valence-electron chi connectivity index (χ1n) is 17.9. The van der Waals surface area contributed by atoms with Gasteiger partial charge in [-0.3, -0.25) is 4.79 Å². The van der Waals surface area contributed by atoms with Gasteiger partial charge in [-0.05, 0) is 117 Å². The SMILES string of the molecule is CC1=CCCC2(C)C(CCC2(O)CN(CC2CCC3CC2C3(C)C)S(C)(=O)=O)c2ccc(cc2C(=O)c2ccccc2)CC(O)CC1. The quantitative estimate of drug-likeness (QED) is 0.240. The van der Waals surface area contributed by atoms with E-state index in [1.54, 1.807) is 4.31 Å². The molecule has 0 spiro atoms. The van der Waals surface area contributed by atoms with Crippen LogP contribution in [0.1, 0.15) is 118 Å². The molecule has 6 nitrogen and oxygen atoms in total. The molecule has 8 rings (SSSR count). The van der Waals surface area contributed by atoms with Crippen LogP contribution >= 0.6 is 0 Å². The topological polar surface area (TPSA) is 94.9 Å². The average molecular weight is 662 g/mol. The molecule has 4 fully saturated rings. The van der Waals surface area contributed by atoms with Gasteiger partial charge in [-0.2, -0.15) is 4.31 Å². The summed E-state index contributed by atoms with van der Waals surface area (Å²) in [6.45, 7) is 9.44. The van der Waals surface area contributed by atoms with Crippen LogP contribution in [-0.2, 0) is 16.4 Å². The molecule has 7 unspecified atom stereocenters. The number of ketones is 1. The minimum absolute atomic E-state index is 0.0611. The first-order valence-corrected chi connectivity index (χ1v) is 19.7. The minimum atomic E-state index is -3.58. The number of allylic oxidation sites excluding steroid dienone is 2. The fourth-order valence-electron chi connectivity index (χ4n) is 9.99. The molecule has 256 valence electrons. The molecule has 6 aliphatic rings. The Morgan fingerprint density at radius 2 is 1.74 bits per heavy atom. The summed E-state index contributed by atoms with van der Waals surface area (Å²) in [4.78, 5) is 14.2. The van der Waals surface area contributed by atoms with Gasteiger partial charge in [0.2, 0.25) is 10.0 Å². The van der Waals surface area contributed by atoms with Crippen molar-refractivity contribution in [3.63, 3.8) is 0 Å². The number of aliphatic hydroxyl groups excluding tert-OH is 1. The molecule has 47 heavy (non-hydrogen) atoms. The maximum atomic E-state index is 14.2. The molecular formula is C40H55NO5S. The van der Waals surface area contributed by atoms with E-state index >= 15 is 0 Å². The Labute approximate surface area is 282 Å². The van der Waals surface area contributed by atoms with Gasteiger partial charge in [0.15, 0.2) is 5.78 Å². The van der Waals surface area contributed by atoms with Crippen molar-refractivity contribution in [2.24, 2.45) is 28.6 Å². The van der Waals surface area contributed by atoms with Gasteiger partial charge in [0.25, 0.3) is 0 Å². The fraction of sp³-hybridized carbons (Fsp3) is 0.625. The summed E-state index contributed by atoms with van der Waals surface area (Å²) < 4.78 is 28.5. The molecule has 6 aliphatic carbocycles. The van der Waals surface area contributed by atoms with Crippen molar-refractivity contribution >= 4 is 15.8 Å². The number of carbonyl (C=O) groups excluding carboxylic acids is 1. The van der Waals surface area contributed by atoms with E-state index < -0.39 is 27.1 Å². The van der Waals surface area contributed by atoms with Crippen molar-refractivity contribution in [2.75, 3.05) is 19.3 Å². The molecule has 0 amide bonds. The fourth-order valence-corrected chi connectivity index (χ4v) is 10.9. The lowest BCUT2D eigenvalue weighted by atomic mass is 9.45. The summed E-state index contributed by atoms with van der Waals surface area (Å²) in [7, 11) is -3.58. The standard InChI is InChI=1S/C40H55NO5S/c1-27-10-9-20-39(4)35(33-18-14-28(22-32(42)17-13-27)23-34(33)37(43)29-11-7-6-8-12-29)19-21-40(39,44)26-41(47(5,45)46)25-30-15-16-31-24-36(30)38(31,2)3/h6-8,10-12,14,18,23,30-32,35-36,42,44H,9,13,15-17,19-22,24-26H2,1-5H3. The first-order chi connectivity index (χ1) is 22.1. The number of hydrogen-bond acceptors (Lipinski definition) is 5. The molecule has 0 aliphatic heterocycles. The number of carbonyl (C=O) groups is 1. The number of fused-ring (bicyclic) bond motifs is 10. The van der Waals surface area contributed by atoms with Gasteiger partial charge < -0.3 is 10.2 Å². The van der Waals surface area contributed by atoms with E-state index in [1.165, 1.54) is 18.2 Å². The lowest BCUT2D eigenvalue weighted by molar-refractivity contribution is -0.114. The molecule has 4 saturated carbocycles.